The molecule has 0 saturated carbocycles. The Balaban J connectivity index is 5.40. The van der Waals surface area contributed by atoms with Crippen molar-refractivity contribution in [2.24, 2.45) is 10.8 Å². The van der Waals surface area contributed by atoms with Gasteiger partial charge in [-0.1, -0.05) is 19.1 Å². The summed E-state index contributed by atoms with van der Waals surface area (Å²) >= 11 is 0. The number of rotatable bonds is 8. The highest BCUT2D eigenvalue weighted by Crippen LogP contribution is 2.16. The molecule has 0 aliphatic heterocycles. The van der Waals surface area contributed by atoms with Gasteiger partial charge < -0.3 is 10.2 Å². The van der Waals surface area contributed by atoms with Gasteiger partial charge in [0, 0.05) is 12.4 Å². The van der Waals surface area contributed by atoms with Gasteiger partial charge in [0.1, 0.15) is 11.7 Å². The molecule has 0 spiro atoms. The minimum atomic E-state index is -1.19. The second-order valence-corrected chi connectivity index (χ2v) is 4.04. The largest absolute Gasteiger partial charge is 0.463 e. The molecular weight excluding hydrogens is 288 g/mol. The number of nitrogens with one attached hydrogen (secondary N) is 1. The van der Waals surface area contributed by atoms with Gasteiger partial charge in [0.25, 0.3) is 0 Å². The Morgan fingerprint density at radius 1 is 1.27 bits per heavy atom. The monoisotopic (exact) mass is 311 g/mol. The average Bonchev–Trinajstić information content (AvgIpc) is 2.47. The maximum absolute atomic E-state index is 14.0. The fourth-order valence-corrected chi connectivity index (χ4v) is 1.38. The van der Waals surface area contributed by atoms with E-state index in [1.54, 1.807) is 26.8 Å². The van der Waals surface area contributed by atoms with E-state index in [9.17, 15) is 8.78 Å². The number of hydrazine groups is 1. The topological polar surface area (TPSA) is 59.6 Å². The van der Waals surface area contributed by atoms with E-state index in [1.165, 1.54) is 36.7 Å². The first-order valence-corrected chi connectivity index (χ1v) is 6.92. The molecule has 0 saturated heterocycles. The molecule has 0 amide bonds. The van der Waals surface area contributed by atoms with Gasteiger partial charge in [-0.05, 0) is 44.6 Å². The fourth-order valence-electron chi connectivity index (χ4n) is 1.38. The summed E-state index contributed by atoms with van der Waals surface area (Å²) in [5.74, 6) is 4.03. The Morgan fingerprint density at radius 2 is 1.95 bits per heavy atom. The summed E-state index contributed by atoms with van der Waals surface area (Å²) in [7, 11) is 0. The van der Waals surface area contributed by atoms with Crippen LogP contribution in [0.15, 0.2) is 65.5 Å². The molecular formula is C16H23F2N3O. The van der Waals surface area contributed by atoms with Crippen LogP contribution >= 0.6 is 0 Å². The molecule has 22 heavy (non-hydrogen) atoms. The molecule has 1 atom stereocenters. The Hall–Kier alpha value is -2.21. The first kappa shape index (κ1) is 19.8. The quantitative estimate of drug-likeness (QED) is 0.234. The maximum Gasteiger partial charge on any atom is 0.213 e. The second-order valence-electron chi connectivity index (χ2n) is 4.04. The van der Waals surface area contributed by atoms with Crippen LogP contribution in [0.4, 0.5) is 8.78 Å². The lowest BCUT2D eigenvalue weighted by Crippen LogP contribution is -2.16. The summed E-state index contributed by atoms with van der Waals surface area (Å²) in [6.45, 7) is 5.20. The summed E-state index contributed by atoms with van der Waals surface area (Å²) in [4.78, 5) is 3.96. The van der Waals surface area contributed by atoms with E-state index in [0.717, 1.165) is 6.08 Å². The van der Waals surface area contributed by atoms with Gasteiger partial charge >= 0.3 is 0 Å². The second kappa shape index (κ2) is 12.5. The molecule has 0 aromatic rings. The van der Waals surface area contributed by atoms with Crippen molar-refractivity contribution in [3.05, 3.63) is 60.5 Å². The third kappa shape index (κ3) is 8.86. The molecule has 0 rings (SSSR count). The van der Waals surface area contributed by atoms with Gasteiger partial charge in [-0.3, -0.25) is 5.84 Å². The minimum Gasteiger partial charge on any atom is -0.463 e. The Bertz CT molecular complexity index is 492. The average molecular weight is 311 g/mol. The van der Waals surface area contributed by atoms with Gasteiger partial charge in [-0.25, -0.2) is 13.8 Å². The van der Waals surface area contributed by atoms with E-state index < -0.39 is 17.8 Å². The van der Waals surface area contributed by atoms with Crippen molar-refractivity contribution in [1.29, 1.82) is 0 Å². The van der Waals surface area contributed by atoms with Gasteiger partial charge in [0.2, 0.25) is 5.90 Å². The lowest BCUT2D eigenvalue weighted by molar-refractivity contribution is 0.238. The standard InChI is InChI=1S/C16H23F2N3O/c1-4-7-13(17)12-15(14(18)8-5-2)22-16(9-6-3)20-10-11-21-19/h4,6-12,15,21H,5,19H2,1-3H3/b7-4?,9-6+,11-10+,13-12?,14-8+,20-16+. The van der Waals surface area contributed by atoms with Crippen molar-refractivity contribution < 1.29 is 13.5 Å². The zero-order valence-electron chi connectivity index (χ0n) is 13.1. The van der Waals surface area contributed by atoms with Crippen LogP contribution in [0.5, 0.6) is 0 Å². The van der Waals surface area contributed by atoms with Gasteiger partial charge in [-0.2, -0.15) is 0 Å². The summed E-state index contributed by atoms with van der Waals surface area (Å²) in [5.41, 5.74) is 2.28. The van der Waals surface area contributed by atoms with Crippen LogP contribution in [0.25, 0.3) is 0 Å². The van der Waals surface area contributed by atoms with Crippen molar-refractivity contribution in [2.45, 2.75) is 33.3 Å². The molecule has 1 unspecified atom stereocenters. The molecule has 0 radical (unpaired) electrons. The summed E-state index contributed by atoms with van der Waals surface area (Å²) < 4.78 is 33.0. The summed E-state index contributed by atoms with van der Waals surface area (Å²) in [6, 6.07) is 0. The number of halogens is 2. The number of hydrogen-bond donors (Lipinski definition) is 2. The van der Waals surface area contributed by atoms with Gasteiger partial charge in [0.15, 0.2) is 6.10 Å². The number of aliphatic imine (C=N–C) groups is 1. The molecule has 0 heterocycles. The van der Waals surface area contributed by atoms with E-state index in [0.29, 0.717) is 6.42 Å². The van der Waals surface area contributed by atoms with Crippen LogP contribution in [0.3, 0.4) is 0 Å². The van der Waals surface area contributed by atoms with Crippen LogP contribution < -0.4 is 11.3 Å². The zero-order chi connectivity index (χ0) is 16.8. The highest BCUT2D eigenvalue weighted by molar-refractivity contribution is 5.88. The van der Waals surface area contributed by atoms with E-state index >= 15 is 0 Å². The Labute approximate surface area is 130 Å². The smallest absolute Gasteiger partial charge is 0.213 e. The molecule has 122 valence electrons. The van der Waals surface area contributed by atoms with Crippen molar-refractivity contribution in [3.8, 4) is 0 Å². The van der Waals surface area contributed by atoms with Crippen molar-refractivity contribution in [3.63, 3.8) is 0 Å². The number of ether oxygens (including phenoxy) is 1. The third-order valence-electron chi connectivity index (χ3n) is 2.24. The molecule has 0 aliphatic rings. The highest BCUT2D eigenvalue weighted by atomic mass is 19.1. The molecule has 6 heteroatoms. The predicted molar refractivity (Wildman–Crippen MR) is 87.1 cm³/mol. The van der Waals surface area contributed by atoms with Gasteiger partial charge in [-0.15, -0.1) is 0 Å². The zero-order valence-corrected chi connectivity index (χ0v) is 13.1. The molecule has 3 N–H and O–H groups in total. The number of nitrogens with zero attached hydrogens (tertiary/aromatic N) is 1. The predicted octanol–water partition coefficient (Wildman–Crippen LogP) is 3.97. The summed E-state index contributed by atoms with van der Waals surface area (Å²) in [6.07, 6.45) is 10.3. The van der Waals surface area contributed by atoms with E-state index in [2.05, 4.69) is 10.4 Å². The van der Waals surface area contributed by atoms with E-state index in [1.807, 2.05) is 0 Å². The van der Waals surface area contributed by atoms with Crippen molar-refractivity contribution >= 4 is 5.90 Å². The van der Waals surface area contributed by atoms with Crippen LogP contribution in [0.2, 0.25) is 0 Å². The van der Waals surface area contributed by atoms with E-state index in [-0.39, 0.29) is 5.90 Å². The fraction of sp³-hybridized carbons (Fsp3) is 0.312. The highest BCUT2D eigenvalue weighted by Gasteiger charge is 2.15. The van der Waals surface area contributed by atoms with Crippen molar-refractivity contribution in [1.82, 2.24) is 5.43 Å². The maximum atomic E-state index is 14.0. The van der Waals surface area contributed by atoms with Crippen LogP contribution in [-0.2, 0) is 4.74 Å². The Kier molecular flexibility index (Phi) is 11.3. The summed E-state index contributed by atoms with van der Waals surface area (Å²) in [5, 5.41) is 0. The normalized spacial score (nSPS) is 16.0. The Morgan fingerprint density at radius 3 is 2.50 bits per heavy atom. The van der Waals surface area contributed by atoms with Crippen LogP contribution in [0, 0.1) is 0 Å². The molecule has 4 nitrogen and oxygen atoms in total. The lowest BCUT2D eigenvalue weighted by Gasteiger charge is -2.14. The molecule has 0 aliphatic carbocycles. The first-order valence-electron chi connectivity index (χ1n) is 6.92. The van der Waals surface area contributed by atoms with Crippen LogP contribution in [0.1, 0.15) is 27.2 Å². The lowest BCUT2D eigenvalue weighted by atomic mass is 10.2. The molecule has 0 fully saturated rings. The third-order valence-corrected chi connectivity index (χ3v) is 2.24. The molecule has 0 aromatic carbocycles. The van der Waals surface area contributed by atoms with Crippen LogP contribution in [-0.4, -0.2) is 12.0 Å². The van der Waals surface area contributed by atoms with Gasteiger partial charge in [0.05, 0.1) is 0 Å². The van der Waals surface area contributed by atoms with Crippen molar-refractivity contribution in [2.75, 3.05) is 0 Å². The molecule has 0 bridgehead atoms. The first-order chi connectivity index (χ1) is 10.6. The van der Waals surface area contributed by atoms with E-state index in [4.69, 9.17) is 10.6 Å². The SMILES string of the molecule is CC=CC(F)=CC(OC(/C=C/C)=N/C=C/NN)/C(F)=C\CC. The minimum absolute atomic E-state index is 0.128. The number of hydrogen-bond acceptors (Lipinski definition) is 4. The number of allylic oxidation sites excluding steroid dienone is 5. The molecule has 0 aromatic heterocycles. The number of nitrogens with two attached hydrogens (primary N) is 1.